The molecule has 1 saturated heterocycles. The molecule has 0 unspecified atom stereocenters. The number of nitrogens with one attached hydrogen (secondary N) is 1. The first kappa shape index (κ1) is 17.5. The molecule has 0 spiro atoms. The van der Waals surface area contributed by atoms with E-state index in [1.54, 1.807) is 7.11 Å². The predicted molar refractivity (Wildman–Crippen MR) is 99.0 cm³/mol. The minimum Gasteiger partial charge on any atom is -0.496 e. The third-order valence-corrected chi connectivity index (χ3v) is 5.22. The van der Waals surface area contributed by atoms with Crippen molar-refractivity contribution >= 4 is 18.1 Å². The number of nitrogens with zero attached hydrogens (tertiary/aromatic N) is 2. The van der Waals surface area contributed by atoms with Gasteiger partial charge in [-0.05, 0) is 32.1 Å². The molecule has 1 N–H and O–H groups in total. The maximum absolute atomic E-state index is 13.0. The number of amides is 1. The summed E-state index contributed by atoms with van der Waals surface area (Å²) in [4.78, 5) is 19.8. The lowest BCUT2D eigenvalue weighted by Crippen LogP contribution is -2.50. The van der Waals surface area contributed by atoms with E-state index < -0.39 is 0 Å². The minimum absolute atomic E-state index is 0.0750. The van der Waals surface area contributed by atoms with Gasteiger partial charge in [0.1, 0.15) is 11.9 Å². The van der Waals surface area contributed by atoms with Gasteiger partial charge in [-0.1, -0.05) is 12.2 Å². The Kier molecular flexibility index (Phi) is 5.22. The van der Waals surface area contributed by atoms with Crippen molar-refractivity contribution < 1.29 is 14.3 Å². The maximum Gasteiger partial charge on any atom is 0.253 e. The van der Waals surface area contributed by atoms with Crippen LogP contribution in [0.15, 0.2) is 6.07 Å². The molecule has 1 saturated carbocycles. The SMILES string of the molecule is COc1cc(CN(C(=O)[C@H]2CNCCO2)C2CC2)nc2c1=CCCCC=2. The van der Waals surface area contributed by atoms with Crippen LogP contribution in [-0.2, 0) is 16.1 Å². The van der Waals surface area contributed by atoms with E-state index in [-0.39, 0.29) is 12.0 Å². The molecular formula is C20H27N3O3. The van der Waals surface area contributed by atoms with Crippen LogP contribution >= 0.6 is 0 Å². The Morgan fingerprint density at radius 2 is 2.23 bits per heavy atom. The molecule has 1 atom stereocenters. The molecule has 0 bridgehead atoms. The fourth-order valence-electron chi connectivity index (χ4n) is 3.67. The van der Waals surface area contributed by atoms with Gasteiger partial charge in [0.05, 0.1) is 31.3 Å². The summed E-state index contributed by atoms with van der Waals surface area (Å²) in [6.07, 6.45) is 9.33. The van der Waals surface area contributed by atoms with Crippen molar-refractivity contribution in [3.8, 4) is 5.75 Å². The lowest BCUT2D eigenvalue weighted by atomic mass is 10.2. The molecule has 2 heterocycles. The second kappa shape index (κ2) is 7.76. The molecule has 1 aromatic heterocycles. The lowest BCUT2D eigenvalue weighted by molar-refractivity contribution is -0.146. The molecule has 6 heteroatoms. The zero-order valence-corrected chi connectivity index (χ0v) is 15.4. The van der Waals surface area contributed by atoms with Gasteiger partial charge in [-0.3, -0.25) is 9.78 Å². The molecule has 2 fully saturated rings. The van der Waals surface area contributed by atoms with Gasteiger partial charge in [0.15, 0.2) is 0 Å². The van der Waals surface area contributed by atoms with E-state index in [1.165, 1.54) is 0 Å². The molecule has 1 aromatic rings. The van der Waals surface area contributed by atoms with Crippen molar-refractivity contribution in [3.05, 3.63) is 22.3 Å². The smallest absolute Gasteiger partial charge is 0.253 e. The number of fused-ring (bicyclic) bond motifs is 1. The highest BCUT2D eigenvalue weighted by atomic mass is 16.5. The zero-order valence-electron chi connectivity index (χ0n) is 15.4. The summed E-state index contributed by atoms with van der Waals surface area (Å²) in [5, 5.41) is 5.31. The van der Waals surface area contributed by atoms with Crippen molar-refractivity contribution in [3.63, 3.8) is 0 Å². The summed E-state index contributed by atoms with van der Waals surface area (Å²) < 4.78 is 11.3. The minimum atomic E-state index is -0.382. The molecule has 3 aliphatic rings. The van der Waals surface area contributed by atoms with Crippen LogP contribution in [0.25, 0.3) is 12.2 Å². The number of hydrogen-bond acceptors (Lipinski definition) is 5. The first-order valence-electron chi connectivity index (χ1n) is 9.63. The number of ether oxygens (including phenoxy) is 2. The van der Waals surface area contributed by atoms with Gasteiger partial charge in [0, 0.05) is 30.4 Å². The number of hydrogen-bond donors (Lipinski definition) is 1. The monoisotopic (exact) mass is 357 g/mol. The fraction of sp³-hybridized carbons (Fsp3) is 0.600. The van der Waals surface area contributed by atoms with E-state index in [9.17, 15) is 4.79 Å². The molecule has 6 nitrogen and oxygen atoms in total. The van der Waals surface area contributed by atoms with E-state index in [1.807, 2.05) is 11.0 Å². The largest absolute Gasteiger partial charge is 0.496 e. The van der Waals surface area contributed by atoms with Gasteiger partial charge in [-0.2, -0.15) is 0 Å². The number of aromatic nitrogens is 1. The lowest BCUT2D eigenvalue weighted by Gasteiger charge is -2.29. The summed E-state index contributed by atoms with van der Waals surface area (Å²) in [5.74, 6) is 0.924. The quantitative estimate of drug-likeness (QED) is 0.822. The topological polar surface area (TPSA) is 63.7 Å². The molecule has 2 aliphatic carbocycles. The number of rotatable bonds is 5. The Morgan fingerprint density at radius 1 is 1.38 bits per heavy atom. The Hall–Kier alpha value is -1.92. The zero-order chi connectivity index (χ0) is 17.9. The van der Waals surface area contributed by atoms with Gasteiger partial charge in [-0.25, -0.2) is 0 Å². The van der Waals surface area contributed by atoms with E-state index in [2.05, 4.69) is 17.5 Å². The van der Waals surface area contributed by atoms with Crippen LogP contribution in [0.4, 0.5) is 0 Å². The summed E-state index contributed by atoms with van der Waals surface area (Å²) in [5.41, 5.74) is 0.885. The molecule has 140 valence electrons. The highest BCUT2D eigenvalue weighted by Crippen LogP contribution is 2.29. The highest BCUT2D eigenvalue weighted by Gasteiger charge is 2.37. The van der Waals surface area contributed by atoms with E-state index in [0.717, 1.165) is 60.7 Å². The average Bonchev–Trinajstić information content (AvgIpc) is 3.52. The first-order valence-corrected chi connectivity index (χ1v) is 9.63. The molecule has 1 amide bonds. The van der Waals surface area contributed by atoms with E-state index >= 15 is 0 Å². The van der Waals surface area contributed by atoms with Crippen LogP contribution in [0.5, 0.6) is 5.75 Å². The van der Waals surface area contributed by atoms with Crippen LogP contribution < -0.4 is 20.6 Å². The Balaban J connectivity index is 1.61. The Bertz CT molecular complexity index is 782. The molecular weight excluding hydrogens is 330 g/mol. The van der Waals surface area contributed by atoms with Crippen LogP contribution in [0.2, 0.25) is 0 Å². The summed E-state index contributed by atoms with van der Waals surface area (Å²) in [6.45, 7) is 2.50. The van der Waals surface area contributed by atoms with Crippen molar-refractivity contribution in [1.29, 1.82) is 0 Å². The fourth-order valence-corrected chi connectivity index (χ4v) is 3.67. The second-order valence-corrected chi connectivity index (χ2v) is 7.21. The molecule has 0 aromatic carbocycles. The van der Waals surface area contributed by atoms with Crippen molar-refractivity contribution in [2.75, 3.05) is 26.8 Å². The number of methoxy groups -OCH3 is 1. The van der Waals surface area contributed by atoms with Crippen LogP contribution in [-0.4, -0.2) is 54.7 Å². The predicted octanol–water partition coefficient (Wildman–Crippen LogP) is 0.315. The summed E-state index contributed by atoms with van der Waals surface area (Å²) in [7, 11) is 1.70. The van der Waals surface area contributed by atoms with E-state index in [4.69, 9.17) is 14.5 Å². The maximum atomic E-state index is 13.0. The van der Waals surface area contributed by atoms with E-state index in [0.29, 0.717) is 25.7 Å². The summed E-state index contributed by atoms with van der Waals surface area (Å²) in [6, 6.07) is 2.30. The van der Waals surface area contributed by atoms with Gasteiger partial charge in [0.2, 0.25) is 0 Å². The molecule has 1 aliphatic heterocycles. The number of carbonyl (C=O) groups excluding carboxylic acids is 1. The second-order valence-electron chi connectivity index (χ2n) is 7.21. The number of pyridine rings is 1. The van der Waals surface area contributed by atoms with Crippen LogP contribution in [0, 0.1) is 0 Å². The van der Waals surface area contributed by atoms with Gasteiger partial charge < -0.3 is 19.7 Å². The molecule has 0 radical (unpaired) electrons. The summed E-state index contributed by atoms with van der Waals surface area (Å²) >= 11 is 0. The van der Waals surface area contributed by atoms with Gasteiger partial charge in [-0.15, -0.1) is 0 Å². The normalized spacial score (nSPS) is 22.4. The Morgan fingerprint density at radius 3 is 2.96 bits per heavy atom. The highest BCUT2D eigenvalue weighted by molar-refractivity contribution is 5.82. The number of morpholine rings is 1. The van der Waals surface area contributed by atoms with Crippen LogP contribution in [0.3, 0.4) is 0 Å². The molecule has 4 rings (SSSR count). The van der Waals surface area contributed by atoms with Gasteiger partial charge in [0.25, 0.3) is 5.91 Å². The Labute approximate surface area is 153 Å². The molecule has 26 heavy (non-hydrogen) atoms. The van der Waals surface area contributed by atoms with Crippen molar-refractivity contribution in [2.45, 2.75) is 50.8 Å². The third kappa shape index (κ3) is 3.76. The van der Waals surface area contributed by atoms with Gasteiger partial charge >= 0.3 is 0 Å². The number of carbonyl (C=O) groups is 1. The third-order valence-electron chi connectivity index (χ3n) is 5.22. The first-order chi connectivity index (χ1) is 12.8. The standard InChI is InChI=1S/C20H27N3O3/c1-25-18-11-14(22-17-6-4-2-3-5-16(17)18)13-23(15-7-8-15)20(24)19-12-21-9-10-26-19/h5-6,11,15,19,21H,2-4,7-10,12-13H2,1H3/t19-/m1/s1. The van der Waals surface area contributed by atoms with Crippen molar-refractivity contribution in [1.82, 2.24) is 15.2 Å². The van der Waals surface area contributed by atoms with Crippen molar-refractivity contribution in [2.24, 2.45) is 0 Å². The van der Waals surface area contributed by atoms with Crippen LogP contribution in [0.1, 0.15) is 37.8 Å². The average molecular weight is 357 g/mol.